The molecule has 0 aliphatic carbocycles. The van der Waals surface area contributed by atoms with Gasteiger partial charge in [0.1, 0.15) is 0 Å². The number of H-pyrrole nitrogens is 1. The zero-order valence-corrected chi connectivity index (χ0v) is 11.1. The Kier molecular flexibility index (Phi) is 3.79. The number of nitrogens with one attached hydrogen (secondary N) is 2. The van der Waals surface area contributed by atoms with Crippen molar-refractivity contribution in [3.05, 3.63) is 56.9 Å². The van der Waals surface area contributed by atoms with Gasteiger partial charge in [-0.15, -0.1) is 0 Å². The molecule has 0 aliphatic rings. The number of aryl methyl sites for hydroxylation is 2. The second-order valence-corrected chi connectivity index (χ2v) is 4.38. The number of hydrogen-bond acceptors (Lipinski definition) is 4. The van der Waals surface area contributed by atoms with E-state index in [1.165, 1.54) is 6.07 Å². The molecule has 2 N–H and O–H groups in total. The van der Waals surface area contributed by atoms with Gasteiger partial charge in [-0.3, -0.25) is 20.0 Å². The predicted octanol–water partition coefficient (Wildman–Crippen LogP) is 1.86. The maximum absolute atomic E-state index is 12.1. The minimum Gasteiger partial charge on any atom is -0.348 e. The van der Waals surface area contributed by atoms with E-state index in [9.17, 15) is 14.9 Å². The van der Waals surface area contributed by atoms with Crippen molar-refractivity contribution < 1.29 is 9.72 Å². The van der Waals surface area contributed by atoms with Crippen LogP contribution in [0.5, 0.6) is 0 Å². The predicted molar refractivity (Wildman–Crippen MR) is 72.3 cm³/mol. The largest absolute Gasteiger partial charge is 0.348 e. The van der Waals surface area contributed by atoms with E-state index < -0.39 is 4.92 Å². The van der Waals surface area contributed by atoms with E-state index in [-0.39, 0.29) is 18.1 Å². The summed E-state index contributed by atoms with van der Waals surface area (Å²) >= 11 is 0. The smallest absolute Gasteiger partial charge is 0.274 e. The van der Waals surface area contributed by atoms with Gasteiger partial charge in [0, 0.05) is 23.9 Å². The molecule has 2 aromatic rings. The Morgan fingerprint density at radius 1 is 1.40 bits per heavy atom. The number of rotatable bonds is 4. The quantitative estimate of drug-likeness (QED) is 0.656. The van der Waals surface area contributed by atoms with Gasteiger partial charge in [-0.2, -0.15) is 5.10 Å². The van der Waals surface area contributed by atoms with E-state index in [1.807, 2.05) is 0 Å². The molecule has 0 bridgehead atoms. The average Bonchev–Trinajstić information content (AvgIpc) is 2.76. The summed E-state index contributed by atoms with van der Waals surface area (Å²) in [5, 5.41) is 20.2. The standard InChI is InChI=1S/C13H14N4O3/c1-8-12(9(2)16-15-8)13(18)14-7-10-5-3-4-6-11(10)17(19)20/h3-6H,7H2,1-2H3,(H,14,18)(H,15,16). The third-order valence-electron chi connectivity index (χ3n) is 2.98. The Morgan fingerprint density at radius 3 is 2.70 bits per heavy atom. The van der Waals surface area contributed by atoms with Gasteiger partial charge in [-0.05, 0) is 13.8 Å². The van der Waals surface area contributed by atoms with Crippen LogP contribution in [0.25, 0.3) is 0 Å². The number of nitro benzene ring substituents is 1. The second-order valence-electron chi connectivity index (χ2n) is 4.38. The molecule has 7 heteroatoms. The molecule has 7 nitrogen and oxygen atoms in total. The lowest BCUT2D eigenvalue weighted by molar-refractivity contribution is -0.385. The third-order valence-corrected chi connectivity index (χ3v) is 2.98. The first-order chi connectivity index (χ1) is 9.50. The molecule has 104 valence electrons. The van der Waals surface area contributed by atoms with E-state index in [1.54, 1.807) is 32.0 Å². The van der Waals surface area contributed by atoms with Gasteiger partial charge in [-0.25, -0.2) is 0 Å². The van der Waals surface area contributed by atoms with Crippen LogP contribution in [0.1, 0.15) is 27.3 Å². The maximum Gasteiger partial charge on any atom is 0.274 e. The minimum atomic E-state index is -0.462. The molecule has 0 saturated carbocycles. The van der Waals surface area contributed by atoms with Crippen molar-refractivity contribution in [1.29, 1.82) is 0 Å². The third kappa shape index (κ3) is 2.66. The lowest BCUT2D eigenvalue weighted by Gasteiger charge is -2.06. The SMILES string of the molecule is Cc1n[nH]c(C)c1C(=O)NCc1ccccc1[N+](=O)[O-]. The van der Waals surface area contributed by atoms with Crippen LogP contribution in [0.3, 0.4) is 0 Å². The topological polar surface area (TPSA) is 101 Å². The first-order valence-electron chi connectivity index (χ1n) is 6.02. The summed E-state index contributed by atoms with van der Waals surface area (Å²) in [6, 6.07) is 6.32. The zero-order valence-electron chi connectivity index (χ0n) is 11.1. The Morgan fingerprint density at radius 2 is 2.10 bits per heavy atom. The zero-order chi connectivity index (χ0) is 14.7. The van der Waals surface area contributed by atoms with Crippen LogP contribution in [0, 0.1) is 24.0 Å². The number of aromatic amines is 1. The molecule has 0 saturated heterocycles. The highest BCUT2D eigenvalue weighted by atomic mass is 16.6. The summed E-state index contributed by atoms with van der Waals surface area (Å²) in [5.74, 6) is -0.299. The van der Waals surface area contributed by atoms with E-state index >= 15 is 0 Å². The number of aromatic nitrogens is 2. The second kappa shape index (κ2) is 5.52. The highest BCUT2D eigenvalue weighted by Crippen LogP contribution is 2.17. The van der Waals surface area contributed by atoms with Crippen LogP contribution >= 0.6 is 0 Å². The van der Waals surface area contributed by atoms with Crippen LogP contribution in [0.15, 0.2) is 24.3 Å². The number of nitrogens with zero attached hydrogens (tertiary/aromatic N) is 2. The van der Waals surface area contributed by atoms with Gasteiger partial charge in [-0.1, -0.05) is 18.2 Å². The van der Waals surface area contributed by atoms with Gasteiger partial charge in [0.15, 0.2) is 0 Å². The van der Waals surface area contributed by atoms with Gasteiger partial charge < -0.3 is 5.32 Å². The minimum absolute atomic E-state index is 0.00608. The molecule has 0 radical (unpaired) electrons. The fourth-order valence-corrected chi connectivity index (χ4v) is 1.99. The first-order valence-corrected chi connectivity index (χ1v) is 6.02. The Bertz CT molecular complexity index is 644. The van der Waals surface area contributed by atoms with Gasteiger partial charge in [0.25, 0.3) is 11.6 Å². The molecule has 1 aromatic heterocycles. The van der Waals surface area contributed by atoms with Crippen molar-refractivity contribution in [1.82, 2.24) is 15.5 Å². The van der Waals surface area contributed by atoms with Crippen LogP contribution in [-0.4, -0.2) is 21.0 Å². The number of nitro groups is 1. The van der Waals surface area contributed by atoms with Crippen molar-refractivity contribution in [3.8, 4) is 0 Å². The van der Waals surface area contributed by atoms with Gasteiger partial charge in [0.05, 0.1) is 16.2 Å². The van der Waals surface area contributed by atoms with E-state index in [2.05, 4.69) is 15.5 Å². The van der Waals surface area contributed by atoms with Gasteiger partial charge >= 0.3 is 0 Å². The summed E-state index contributed by atoms with van der Waals surface area (Å²) in [6.45, 7) is 3.57. The molecule has 1 amide bonds. The monoisotopic (exact) mass is 274 g/mol. The fraction of sp³-hybridized carbons (Fsp3) is 0.231. The highest BCUT2D eigenvalue weighted by Gasteiger charge is 2.17. The van der Waals surface area contributed by atoms with E-state index in [4.69, 9.17) is 0 Å². The molecule has 1 heterocycles. The lowest BCUT2D eigenvalue weighted by Crippen LogP contribution is -2.24. The molecule has 0 fully saturated rings. The summed E-state index contributed by atoms with van der Waals surface area (Å²) in [6.07, 6.45) is 0. The summed E-state index contributed by atoms with van der Waals surface area (Å²) in [5.41, 5.74) is 2.20. The molecule has 0 atom stereocenters. The van der Waals surface area contributed by atoms with Crippen molar-refractivity contribution in [2.45, 2.75) is 20.4 Å². The van der Waals surface area contributed by atoms with Crippen LogP contribution in [0.4, 0.5) is 5.69 Å². The summed E-state index contributed by atoms with van der Waals surface area (Å²) < 4.78 is 0. The molecule has 0 unspecified atom stereocenters. The number of carbonyl (C=O) groups is 1. The fourth-order valence-electron chi connectivity index (χ4n) is 1.99. The van der Waals surface area contributed by atoms with Crippen molar-refractivity contribution in [2.24, 2.45) is 0 Å². The van der Waals surface area contributed by atoms with Gasteiger partial charge in [0.2, 0.25) is 0 Å². The molecule has 0 spiro atoms. The van der Waals surface area contributed by atoms with Crippen molar-refractivity contribution in [2.75, 3.05) is 0 Å². The molecule has 2 rings (SSSR count). The molecule has 0 aliphatic heterocycles. The Balaban J connectivity index is 2.14. The molecular formula is C13H14N4O3. The van der Waals surface area contributed by atoms with E-state index in [0.717, 1.165) is 0 Å². The van der Waals surface area contributed by atoms with Crippen molar-refractivity contribution >= 4 is 11.6 Å². The van der Waals surface area contributed by atoms with Crippen molar-refractivity contribution in [3.63, 3.8) is 0 Å². The maximum atomic E-state index is 12.1. The normalized spacial score (nSPS) is 10.3. The number of benzene rings is 1. The highest BCUT2D eigenvalue weighted by molar-refractivity contribution is 5.96. The lowest BCUT2D eigenvalue weighted by atomic mass is 10.1. The first kappa shape index (κ1) is 13.7. The molecule has 20 heavy (non-hydrogen) atoms. The van der Waals surface area contributed by atoms with Crippen LogP contribution in [0.2, 0.25) is 0 Å². The summed E-state index contributed by atoms with van der Waals surface area (Å²) in [7, 11) is 0. The Hall–Kier alpha value is -2.70. The molecule has 1 aromatic carbocycles. The van der Waals surface area contributed by atoms with E-state index in [0.29, 0.717) is 22.5 Å². The van der Waals surface area contributed by atoms with Crippen LogP contribution < -0.4 is 5.32 Å². The summed E-state index contributed by atoms with van der Waals surface area (Å²) in [4.78, 5) is 22.5. The number of para-hydroxylation sites is 1. The number of carbonyl (C=O) groups excluding carboxylic acids is 1. The Labute approximate surface area is 115 Å². The average molecular weight is 274 g/mol. The number of amides is 1. The number of hydrogen-bond donors (Lipinski definition) is 2. The molecular weight excluding hydrogens is 260 g/mol. The van der Waals surface area contributed by atoms with Crippen LogP contribution in [-0.2, 0) is 6.54 Å².